The number of hydrogen-bond acceptors (Lipinski definition) is 6. The number of esters is 4. The molecule has 6 nitrogen and oxygen atoms in total. The average Bonchev–Trinajstić information content (AvgIpc) is 1.96. The summed E-state index contributed by atoms with van der Waals surface area (Å²) < 4.78 is 8.69. The van der Waals surface area contributed by atoms with Crippen molar-refractivity contribution < 1.29 is 28.7 Å². The summed E-state index contributed by atoms with van der Waals surface area (Å²) in [4.78, 5) is 44.2. The van der Waals surface area contributed by atoms with Crippen molar-refractivity contribution in [3.63, 3.8) is 0 Å². The Bertz CT molecular complexity index is 297. The quantitative estimate of drug-likeness (QED) is 0.404. The van der Waals surface area contributed by atoms with Crippen molar-refractivity contribution in [2.75, 3.05) is 0 Å². The van der Waals surface area contributed by atoms with E-state index in [1.165, 1.54) is 0 Å². The summed E-state index contributed by atoms with van der Waals surface area (Å²) in [6.45, 7) is 0. The molecule has 15 heavy (non-hydrogen) atoms. The number of carbonyl (C=O) groups is 4. The highest BCUT2D eigenvalue weighted by Gasteiger charge is 2.48. The van der Waals surface area contributed by atoms with Crippen molar-refractivity contribution in [1.82, 2.24) is 0 Å². The van der Waals surface area contributed by atoms with Crippen LogP contribution in [0.2, 0.25) is 0 Å². The van der Waals surface area contributed by atoms with E-state index in [1.807, 2.05) is 0 Å². The highest BCUT2D eigenvalue weighted by molar-refractivity contribution is 5.95. The van der Waals surface area contributed by atoms with E-state index in [9.17, 15) is 19.2 Å². The number of ether oxygens (including phenoxy) is 2. The Morgan fingerprint density at radius 3 is 1.20 bits per heavy atom. The van der Waals surface area contributed by atoms with Crippen LogP contribution in [0.4, 0.5) is 0 Å². The Morgan fingerprint density at radius 2 is 0.933 bits per heavy atom. The lowest BCUT2D eigenvalue weighted by Crippen LogP contribution is -2.43. The van der Waals surface area contributed by atoms with E-state index in [1.54, 1.807) is 0 Å². The average molecular weight is 212 g/mol. The summed E-state index contributed by atoms with van der Waals surface area (Å²) in [7, 11) is 0. The van der Waals surface area contributed by atoms with Gasteiger partial charge >= 0.3 is 23.9 Å². The Kier molecular flexibility index (Phi) is 2.06. The predicted molar refractivity (Wildman–Crippen MR) is 43.1 cm³/mol. The van der Waals surface area contributed by atoms with Crippen LogP contribution in [0.15, 0.2) is 0 Å². The monoisotopic (exact) mass is 212 g/mol. The molecule has 0 aromatic rings. The SMILES string of the molecule is O=C1CC2(CC(=O)O1)CC(=O)OC(=O)C2. The largest absolute Gasteiger partial charge is 0.393 e. The second-order valence-electron chi connectivity index (χ2n) is 3.90. The van der Waals surface area contributed by atoms with Crippen LogP contribution in [0, 0.1) is 5.41 Å². The van der Waals surface area contributed by atoms with Crippen molar-refractivity contribution in [2.24, 2.45) is 5.41 Å². The number of cyclic esters (lactones) is 4. The van der Waals surface area contributed by atoms with Gasteiger partial charge in [0, 0.05) is 5.41 Å². The maximum absolute atomic E-state index is 11.1. The molecule has 0 atom stereocenters. The zero-order valence-electron chi connectivity index (χ0n) is 7.78. The van der Waals surface area contributed by atoms with Crippen molar-refractivity contribution in [3.05, 3.63) is 0 Å². The Labute approximate surface area is 84.5 Å². The molecule has 0 saturated carbocycles. The molecule has 1 spiro atoms. The molecule has 2 aliphatic heterocycles. The molecule has 2 aliphatic rings. The normalized spacial score (nSPS) is 25.1. The minimum absolute atomic E-state index is 0.0837. The molecule has 2 rings (SSSR count). The van der Waals surface area contributed by atoms with Gasteiger partial charge in [-0.15, -0.1) is 0 Å². The van der Waals surface area contributed by atoms with Crippen LogP contribution in [0.1, 0.15) is 25.7 Å². The first-order chi connectivity index (χ1) is 6.99. The first-order valence-electron chi connectivity index (χ1n) is 4.46. The Balaban J connectivity index is 2.24. The van der Waals surface area contributed by atoms with E-state index in [4.69, 9.17) is 0 Å². The highest BCUT2D eigenvalue weighted by atomic mass is 16.6. The maximum Gasteiger partial charge on any atom is 0.314 e. The van der Waals surface area contributed by atoms with Crippen LogP contribution in [-0.4, -0.2) is 23.9 Å². The Hall–Kier alpha value is -1.72. The van der Waals surface area contributed by atoms with Crippen molar-refractivity contribution >= 4 is 23.9 Å². The molecule has 0 amide bonds. The molecule has 0 radical (unpaired) electrons. The third-order valence-electron chi connectivity index (χ3n) is 2.53. The molecule has 0 aromatic heterocycles. The van der Waals surface area contributed by atoms with Crippen molar-refractivity contribution in [3.8, 4) is 0 Å². The van der Waals surface area contributed by atoms with Gasteiger partial charge in [-0.2, -0.15) is 0 Å². The topological polar surface area (TPSA) is 86.7 Å². The molecule has 0 aliphatic carbocycles. The van der Waals surface area contributed by atoms with Crippen LogP contribution >= 0.6 is 0 Å². The minimum Gasteiger partial charge on any atom is -0.393 e. The maximum atomic E-state index is 11.1. The zero-order chi connectivity index (χ0) is 11.1. The van der Waals surface area contributed by atoms with Gasteiger partial charge in [-0.1, -0.05) is 0 Å². The fraction of sp³-hybridized carbons (Fsp3) is 0.556. The first-order valence-corrected chi connectivity index (χ1v) is 4.46. The minimum atomic E-state index is -0.904. The number of carbonyl (C=O) groups excluding carboxylic acids is 4. The lowest BCUT2D eigenvalue weighted by atomic mass is 9.73. The lowest BCUT2D eigenvalue weighted by molar-refractivity contribution is -0.179. The van der Waals surface area contributed by atoms with Gasteiger partial charge < -0.3 is 9.47 Å². The predicted octanol–water partition coefficient (Wildman–Crippen LogP) is -0.300. The highest BCUT2D eigenvalue weighted by Crippen LogP contribution is 2.41. The molecular formula is C9H8O6. The third-order valence-corrected chi connectivity index (χ3v) is 2.53. The van der Waals surface area contributed by atoms with Gasteiger partial charge in [0.15, 0.2) is 0 Å². The van der Waals surface area contributed by atoms with Crippen LogP contribution in [0.5, 0.6) is 0 Å². The summed E-state index contributed by atoms with van der Waals surface area (Å²) in [6, 6.07) is 0. The summed E-state index contributed by atoms with van der Waals surface area (Å²) in [5.41, 5.74) is -0.904. The molecule has 0 unspecified atom stereocenters. The molecule has 6 heteroatoms. The van der Waals surface area contributed by atoms with E-state index in [-0.39, 0.29) is 25.7 Å². The van der Waals surface area contributed by atoms with Gasteiger partial charge in [0.2, 0.25) is 0 Å². The molecule has 2 saturated heterocycles. The van der Waals surface area contributed by atoms with Crippen LogP contribution in [-0.2, 0) is 28.7 Å². The zero-order valence-corrected chi connectivity index (χ0v) is 7.78. The van der Waals surface area contributed by atoms with Crippen molar-refractivity contribution in [2.45, 2.75) is 25.7 Å². The van der Waals surface area contributed by atoms with Crippen molar-refractivity contribution in [1.29, 1.82) is 0 Å². The Morgan fingerprint density at radius 1 is 0.667 bits per heavy atom. The molecular weight excluding hydrogens is 204 g/mol. The molecule has 2 heterocycles. The van der Waals surface area contributed by atoms with E-state index in [0.29, 0.717) is 0 Å². The van der Waals surface area contributed by atoms with Gasteiger partial charge in [-0.05, 0) is 0 Å². The second-order valence-corrected chi connectivity index (χ2v) is 3.90. The van der Waals surface area contributed by atoms with E-state index >= 15 is 0 Å². The molecule has 0 bridgehead atoms. The fourth-order valence-corrected chi connectivity index (χ4v) is 2.00. The van der Waals surface area contributed by atoms with Gasteiger partial charge in [0.25, 0.3) is 0 Å². The standard InChI is InChI=1S/C9H8O6/c10-5-1-9(2-6(11)14-5)3-7(12)15-8(13)4-9/h1-4H2. The van der Waals surface area contributed by atoms with Gasteiger partial charge in [0.1, 0.15) is 0 Å². The third kappa shape index (κ3) is 1.88. The van der Waals surface area contributed by atoms with E-state index < -0.39 is 29.3 Å². The first kappa shape index (κ1) is 9.82. The second kappa shape index (κ2) is 3.15. The summed E-state index contributed by atoms with van der Waals surface area (Å²) in [6.07, 6.45) is -0.335. The van der Waals surface area contributed by atoms with Crippen LogP contribution in [0.3, 0.4) is 0 Å². The summed E-state index contributed by atoms with van der Waals surface area (Å²) in [5, 5.41) is 0. The number of rotatable bonds is 0. The van der Waals surface area contributed by atoms with Gasteiger partial charge in [-0.3, -0.25) is 19.2 Å². The summed E-state index contributed by atoms with van der Waals surface area (Å²) >= 11 is 0. The number of hydrogen-bond donors (Lipinski definition) is 0. The molecule has 0 aromatic carbocycles. The van der Waals surface area contributed by atoms with Gasteiger partial charge in [0.05, 0.1) is 25.7 Å². The molecule has 2 fully saturated rings. The summed E-state index contributed by atoms with van der Waals surface area (Å²) in [5.74, 6) is -2.75. The molecule has 80 valence electrons. The fourth-order valence-electron chi connectivity index (χ4n) is 2.00. The molecule has 0 N–H and O–H groups in total. The van der Waals surface area contributed by atoms with E-state index in [2.05, 4.69) is 9.47 Å². The van der Waals surface area contributed by atoms with Crippen LogP contribution in [0.25, 0.3) is 0 Å². The van der Waals surface area contributed by atoms with E-state index in [0.717, 1.165) is 0 Å². The van der Waals surface area contributed by atoms with Gasteiger partial charge in [-0.25, -0.2) is 0 Å². The van der Waals surface area contributed by atoms with Crippen LogP contribution < -0.4 is 0 Å². The smallest absolute Gasteiger partial charge is 0.314 e. The lowest BCUT2D eigenvalue weighted by Gasteiger charge is -2.35.